The van der Waals surface area contributed by atoms with E-state index in [0.29, 0.717) is 11.8 Å². The highest BCUT2D eigenvalue weighted by Crippen LogP contribution is 2.67. The molecule has 0 spiro atoms. The number of alkyl halides is 2. The second-order valence-electron chi connectivity index (χ2n) is 6.21. The van der Waals surface area contributed by atoms with Gasteiger partial charge in [-0.1, -0.05) is 59.6 Å². The quantitative estimate of drug-likeness (QED) is 0.671. The fraction of sp³-hybridized carbons (Fsp3) is 0.923. The van der Waals surface area contributed by atoms with E-state index in [1.807, 2.05) is 11.8 Å². The third-order valence-electron chi connectivity index (χ3n) is 3.19. The van der Waals surface area contributed by atoms with Gasteiger partial charge in [0.15, 0.2) is 0 Å². The fourth-order valence-corrected chi connectivity index (χ4v) is 3.56. The molecule has 0 radical (unpaired) electrons. The highest BCUT2D eigenvalue weighted by atomic mass is 79.9. The van der Waals surface area contributed by atoms with Gasteiger partial charge < -0.3 is 4.90 Å². The van der Waals surface area contributed by atoms with Gasteiger partial charge in [-0.2, -0.15) is 0 Å². The molecule has 100 valence electrons. The van der Waals surface area contributed by atoms with Crippen molar-refractivity contribution in [1.29, 1.82) is 0 Å². The van der Waals surface area contributed by atoms with Crippen LogP contribution in [-0.2, 0) is 4.79 Å². The van der Waals surface area contributed by atoms with Gasteiger partial charge in [-0.15, -0.1) is 0 Å². The molecule has 0 aliphatic heterocycles. The molecule has 0 unspecified atom stereocenters. The molecule has 1 amide bonds. The maximum absolute atomic E-state index is 12.6. The molecule has 0 aromatic carbocycles. The van der Waals surface area contributed by atoms with E-state index in [0.717, 1.165) is 19.5 Å². The summed E-state index contributed by atoms with van der Waals surface area (Å²) in [5, 5.41) is 0. The number of rotatable bonds is 5. The zero-order valence-electron chi connectivity index (χ0n) is 11.4. The second-order valence-corrected chi connectivity index (χ2v) is 9.98. The molecule has 1 fully saturated rings. The Morgan fingerprint density at radius 3 is 1.76 bits per heavy atom. The van der Waals surface area contributed by atoms with Crippen molar-refractivity contribution >= 4 is 37.8 Å². The van der Waals surface area contributed by atoms with Crippen molar-refractivity contribution in [2.75, 3.05) is 13.1 Å². The zero-order valence-corrected chi connectivity index (χ0v) is 14.6. The second kappa shape index (κ2) is 5.20. The average molecular weight is 369 g/mol. The number of amides is 1. The van der Waals surface area contributed by atoms with Crippen molar-refractivity contribution in [2.45, 2.75) is 44.3 Å². The molecule has 1 saturated carbocycles. The average Bonchev–Trinajstić information content (AvgIpc) is 2.63. The lowest BCUT2D eigenvalue weighted by atomic mass is 10.1. The first-order valence-electron chi connectivity index (χ1n) is 6.27. The van der Waals surface area contributed by atoms with Crippen LogP contribution in [0.3, 0.4) is 0 Å². The van der Waals surface area contributed by atoms with Crippen LogP contribution in [-0.4, -0.2) is 27.1 Å². The monoisotopic (exact) mass is 367 g/mol. The number of halogens is 2. The van der Waals surface area contributed by atoms with Gasteiger partial charge in [0.1, 0.15) is 0 Å². The van der Waals surface area contributed by atoms with Gasteiger partial charge in [0, 0.05) is 13.1 Å². The van der Waals surface area contributed by atoms with E-state index in [4.69, 9.17) is 0 Å². The van der Waals surface area contributed by atoms with E-state index in [1.54, 1.807) is 0 Å². The summed E-state index contributed by atoms with van der Waals surface area (Å²) < 4.78 is -0.184. The van der Waals surface area contributed by atoms with Crippen molar-refractivity contribution in [2.24, 2.45) is 17.3 Å². The molecule has 1 aliphatic carbocycles. The predicted molar refractivity (Wildman–Crippen MR) is 79.6 cm³/mol. The van der Waals surface area contributed by atoms with Gasteiger partial charge in [0.2, 0.25) is 5.91 Å². The van der Waals surface area contributed by atoms with Gasteiger partial charge in [0.05, 0.1) is 8.65 Å². The highest BCUT2D eigenvalue weighted by molar-refractivity contribution is 9.25. The molecular weight excluding hydrogens is 346 g/mol. The first-order valence-corrected chi connectivity index (χ1v) is 7.86. The van der Waals surface area contributed by atoms with E-state index in [9.17, 15) is 4.79 Å². The molecule has 0 aromatic rings. The van der Waals surface area contributed by atoms with E-state index in [-0.39, 0.29) is 14.6 Å². The van der Waals surface area contributed by atoms with Crippen molar-refractivity contribution in [1.82, 2.24) is 4.90 Å². The molecule has 17 heavy (non-hydrogen) atoms. The van der Waals surface area contributed by atoms with Crippen LogP contribution in [0.15, 0.2) is 0 Å². The minimum absolute atomic E-state index is 0.184. The van der Waals surface area contributed by atoms with Gasteiger partial charge in [0.25, 0.3) is 0 Å². The maximum atomic E-state index is 12.6. The summed E-state index contributed by atoms with van der Waals surface area (Å²) in [4.78, 5) is 14.6. The van der Waals surface area contributed by atoms with Crippen molar-refractivity contribution < 1.29 is 4.79 Å². The molecule has 0 N–H and O–H groups in total. The van der Waals surface area contributed by atoms with Crippen LogP contribution < -0.4 is 0 Å². The molecular formula is C13H23Br2NO. The lowest BCUT2D eigenvalue weighted by Gasteiger charge is -2.29. The van der Waals surface area contributed by atoms with Crippen LogP contribution in [0.5, 0.6) is 0 Å². The summed E-state index contributed by atoms with van der Waals surface area (Å²) in [6.07, 6.45) is 0.867. The Morgan fingerprint density at radius 1 is 1.18 bits per heavy atom. The molecule has 0 bridgehead atoms. The molecule has 0 aromatic heterocycles. The minimum Gasteiger partial charge on any atom is -0.342 e. The molecule has 1 atom stereocenters. The molecule has 4 heteroatoms. The summed E-state index contributed by atoms with van der Waals surface area (Å²) in [5.74, 6) is 1.30. The molecule has 0 saturated heterocycles. The highest BCUT2D eigenvalue weighted by Gasteiger charge is 2.67. The van der Waals surface area contributed by atoms with Gasteiger partial charge in [-0.05, 0) is 25.2 Å². The first kappa shape index (κ1) is 15.5. The largest absolute Gasteiger partial charge is 0.342 e. The van der Waals surface area contributed by atoms with Crippen LogP contribution in [0.2, 0.25) is 0 Å². The third kappa shape index (κ3) is 3.46. The van der Waals surface area contributed by atoms with Crippen molar-refractivity contribution in [3.63, 3.8) is 0 Å². The van der Waals surface area contributed by atoms with Crippen LogP contribution in [0, 0.1) is 17.3 Å². The summed E-state index contributed by atoms with van der Waals surface area (Å²) >= 11 is 7.16. The standard InChI is InChI=1S/C13H23Br2NO/c1-9(2)6-16(7-10(3)4)11(17)12(5)8-13(12,14)15/h9-10H,6-8H2,1-5H3/t12-/m0/s1. The fourth-order valence-electron chi connectivity index (χ4n) is 2.10. The molecule has 1 aliphatic rings. The van der Waals surface area contributed by atoms with Crippen LogP contribution in [0.4, 0.5) is 0 Å². The zero-order chi connectivity index (χ0) is 13.4. The Labute approximate surface area is 122 Å². The normalized spacial score (nSPS) is 26.4. The van der Waals surface area contributed by atoms with E-state index in [2.05, 4.69) is 59.6 Å². The number of nitrogens with zero attached hydrogens (tertiary/aromatic N) is 1. The number of carbonyl (C=O) groups is 1. The third-order valence-corrected chi connectivity index (χ3v) is 5.50. The lowest BCUT2D eigenvalue weighted by Crippen LogP contribution is -2.42. The Kier molecular flexibility index (Phi) is 4.74. The Hall–Kier alpha value is 0.430. The first-order chi connectivity index (χ1) is 7.60. The number of carbonyl (C=O) groups excluding carboxylic acids is 1. The minimum atomic E-state index is -0.281. The molecule has 2 nitrogen and oxygen atoms in total. The summed E-state index contributed by atoms with van der Waals surface area (Å²) in [6, 6.07) is 0. The number of hydrogen-bond acceptors (Lipinski definition) is 1. The maximum Gasteiger partial charge on any atom is 0.230 e. The van der Waals surface area contributed by atoms with Gasteiger partial charge >= 0.3 is 0 Å². The van der Waals surface area contributed by atoms with Crippen molar-refractivity contribution in [3.8, 4) is 0 Å². The Morgan fingerprint density at radius 2 is 1.53 bits per heavy atom. The van der Waals surface area contributed by atoms with Gasteiger partial charge in [-0.25, -0.2) is 0 Å². The van der Waals surface area contributed by atoms with Gasteiger partial charge in [-0.3, -0.25) is 4.79 Å². The summed E-state index contributed by atoms with van der Waals surface area (Å²) in [5.41, 5.74) is -0.281. The summed E-state index contributed by atoms with van der Waals surface area (Å²) in [7, 11) is 0. The van der Waals surface area contributed by atoms with Crippen molar-refractivity contribution in [3.05, 3.63) is 0 Å². The van der Waals surface area contributed by atoms with E-state index in [1.165, 1.54) is 0 Å². The van der Waals surface area contributed by atoms with E-state index < -0.39 is 0 Å². The topological polar surface area (TPSA) is 20.3 Å². The van der Waals surface area contributed by atoms with Crippen LogP contribution in [0.1, 0.15) is 41.0 Å². The molecule has 1 rings (SSSR count). The lowest BCUT2D eigenvalue weighted by molar-refractivity contribution is -0.137. The van der Waals surface area contributed by atoms with Crippen LogP contribution >= 0.6 is 31.9 Å². The molecule has 0 heterocycles. The Bertz CT molecular complexity index is 292. The summed E-state index contributed by atoms with van der Waals surface area (Å²) in [6.45, 7) is 12.4. The smallest absolute Gasteiger partial charge is 0.230 e. The predicted octanol–water partition coefficient (Wildman–Crippen LogP) is 4.02. The SMILES string of the molecule is CC(C)CN(CC(C)C)C(=O)[C@]1(C)CC1(Br)Br. The van der Waals surface area contributed by atoms with Crippen LogP contribution in [0.25, 0.3) is 0 Å². The van der Waals surface area contributed by atoms with E-state index >= 15 is 0 Å². The Balaban J connectivity index is 2.74. The number of hydrogen-bond donors (Lipinski definition) is 0.